The number of rotatable bonds is 0. The number of anilines is 1. The van der Waals surface area contributed by atoms with Crippen LogP contribution in [0.4, 0.5) is 11.4 Å². The van der Waals surface area contributed by atoms with E-state index in [-0.39, 0.29) is 6.04 Å². The summed E-state index contributed by atoms with van der Waals surface area (Å²) in [5, 5.41) is 4.29. The van der Waals surface area contributed by atoms with Gasteiger partial charge < -0.3 is 10.2 Å². The van der Waals surface area contributed by atoms with E-state index in [1.807, 2.05) is 18.2 Å². The number of piperazine rings is 1. The smallest absolute Gasteiger partial charge is 0.176 e. The Hall–Kier alpha value is -1.85. The monoisotopic (exact) mass is 343 g/mol. The molecule has 1 saturated heterocycles. The number of nitrogens with zero attached hydrogens (tertiary/aromatic N) is 4. The summed E-state index contributed by atoms with van der Waals surface area (Å²) >= 11 is 6.20. The number of halogens is 1. The highest BCUT2D eigenvalue weighted by molar-refractivity contribution is 6.48. The lowest BCUT2D eigenvalue weighted by atomic mass is 10.1. The van der Waals surface area contributed by atoms with Crippen molar-refractivity contribution in [3.8, 4) is 0 Å². The van der Waals surface area contributed by atoms with E-state index in [0.29, 0.717) is 17.1 Å². The van der Waals surface area contributed by atoms with Gasteiger partial charge in [-0.15, -0.1) is 0 Å². The highest BCUT2D eigenvalue weighted by atomic mass is 35.5. The Bertz CT molecular complexity index is 744. The molecule has 3 heterocycles. The summed E-state index contributed by atoms with van der Waals surface area (Å²) in [5.74, 6) is 1.88. The van der Waals surface area contributed by atoms with Gasteiger partial charge in [0.25, 0.3) is 0 Å². The second-order valence-electron chi connectivity index (χ2n) is 6.85. The molecule has 1 aromatic carbocycles. The predicted molar refractivity (Wildman–Crippen MR) is 101 cm³/mol. The number of hydrogen-bond donors (Lipinski definition) is 1. The molecule has 126 valence electrons. The van der Waals surface area contributed by atoms with Crippen molar-refractivity contribution in [2.45, 2.75) is 38.9 Å². The largest absolute Gasteiger partial charge is 0.350 e. The highest BCUT2D eigenvalue weighted by Crippen LogP contribution is 2.37. The van der Waals surface area contributed by atoms with Crippen molar-refractivity contribution in [2.24, 2.45) is 9.98 Å². The number of amidine groups is 2. The molecule has 24 heavy (non-hydrogen) atoms. The van der Waals surface area contributed by atoms with E-state index in [1.165, 1.54) is 0 Å². The Balaban J connectivity index is 1.81. The summed E-state index contributed by atoms with van der Waals surface area (Å²) in [6.07, 6.45) is 4.19. The van der Waals surface area contributed by atoms with E-state index < -0.39 is 0 Å². The molecule has 3 aliphatic rings. The SMILES string of the molecule is CC1C=CN2C(=N1)C(N1C[C@@H](C)N[C@@H](C)C1)=Nc1ccc(Cl)cc12. The van der Waals surface area contributed by atoms with Crippen molar-refractivity contribution in [1.82, 2.24) is 10.2 Å². The Morgan fingerprint density at radius 1 is 1.12 bits per heavy atom. The van der Waals surface area contributed by atoms with Crippen LogP contribution in [-0.2, 0) is 0 Å². The molecule has 1 unspecified atom stereocenters. The third kappa shape index (κ3) is 2.72. The number of benzene rings is 1. The van der Waals surface area contributed by atoms with Gasteiger partial charge >= 0.3 is 0 Å². The zero-order chi connectivity index (χ0) is 16.8. The highest BCUT2D eigenvalue weighted by Gasteiger charge is 2.33. The van der Waals surface area contributed by atoms with Crippen LogP contribution in [0.2, 0.25) is 5.02 Å². The maximum Gasteiger partial charge on any atom is 0.176 e. The molecular weight excluding hydrogens is 322 g/mol. The molecule has 0 radical (unpaired) electrons. The Morgan fingerprint density at radius 3 is 2.62 bits per heavy atom. The second-order valence-corrected chi connectivity index (χ2v) is 7.28. The lowest BCUT2D eigenvalue weighted by Crippen LogP contribution is -2.59. The third-order valence-electron chi connectivity index (χ3n) is 4.55. The molecule has 1 N–H and O–H groups in total. The number of fused-ring (bicyclic) bond motifs is 3. The van der Waals surface area contributed by atoms with Gasteiger partial charge in [0.1, 0.15) is 0 Å². The Morgan fingerprint density at radius 2 is 1.88 bits per heavy atom. The van der Waals surface area contributed by atoms with E-state index >= 15 is 0 Å². The Kier molecular flexibility index (Phi) is 3.85. The van der Waals surface area contributed by atoms with Crippen LogP contribution in [0.5, 0.6) is 0 Å². The molecule has 0 bridgehead atoms. The fraction of sp³-hybridized carbons (Fsp3) is 0.444. The van der Waals surface area contributed by atoms with Gasteiger partial charge in [0.05, 0.1) is 17.4 Å². The number of aliphatic imine (C=N–C) groups is 2. The minimum absolute atomic E-state index is 0.153. The van der Waals surface area contributed by atoms with Gasteiger partial charge in [-0.3, -0.25) is 9.89 Å². The van der Waals surface area contributed by atoms with Gasteiger partial charge in [-0.25, -0.2) is 4.99 Å². The average molecular weight is 344 g/mol. The maximum atomic E-state index is 6.20. The lowest BCUT2D eigenvalue weighted by molar-refractivity contribution is 0.257. The van der Waals surface area contributed by atoms with Crippen LogP contribution in [0, 0.1) is 0 Å². The van der Waals surface area contributed by atoms with E-state index in [1.54, 1.807) is 0 Å². The van der Waals surface area contributed by atoms with Crippen molar-refractivity contribution in [1.29, 1.82) is 0 Å². The molecule has 0 aromatic heterocycles. The topological polar surface area (TPSA) is 43.2 Å². The molecule has 1 fully saturated rings. The van der Waals surface area contributed by atoms with Crippen LogP contribution in [0.3, 0.4) is 0 Å². The molecule has 3 aliphatic heterocycles. The third-order valence-corrected chi connectivity index (χ3v) is 4.78. The van der Waals surface area contributed by atoms with E-state index in [9.17, 15) is 0 Å². The van der Waals surface area contributed by atoms with Crippen LogP contribution in [0.1, 0.15) is 20.8 Å². The average Bonchev–Trinajstić information content (AvgIpc) is 2.53. The van der Waals surface area contributed by atoms with Crippen LogP contribution >= 0.6 is 11.6 Å². The molecule has 1 aromatic rings. The van der Waals surface area contributed by atoms with Crippen molar-refractivity contribution in [2.75, 3.05) is 18.0 Å². The first-order valence-corrected chi connectivity index (χ1v) is 8.84. The molecule has 0 spiro atoms. The predicted octanol–water partition coefficient (Wildman–Crippen LogP) is 3.19. The number of nitrogens with one attached hydrogen (secondary N) is 1. The van der Waals surface area contributed by atoms with Crippen LogP contribution in [0.25, 0.3) is 0 Å². The lowest BCUT2D eigenvalue weighted by Gasteiger charge is -2.41. The minimum Gasteiger partial charge on any atom is -0.350 e. The molecule has 0 amide bonds. The zero-order valence-electron chi connectivity index (χ0n) is 14.2. The first-order chi connectivity index (χ1) is 11.5. The van der Waals surface area contributed by atoms with Gasteiger partial charge in [0, 0.05) is 36.4 Å². The van der Waals surface area contributed by atoms with Gasteiger partial charge in [-0.2, -0.15) is 0 Å². The quantitative estimate of drug-likeness (QED) is 0.786. The van der Waals surface area contributed by atoms with Crippen molar-refractivity contribution in [3.05, 3.63) is 35.5 Å². The van der Waals surface area contributed by atoms with Crippen LogP contribution in [0.15, 0.2) is 40.5 Å². The first kappa shape index (κ1) is 15.7. The summed E-state index contributed by atoms with van der Waals surface area (Å²) in [5.41, 5.74) is 1.93. The van der Waals surface area contributed by atoms with E-state index in [2.05, 4.69) is 48.2 Å². The fourth-order valence-corrected chi connectivity index (χ4v) is 3.77. The molecular formula is C18H22ClN5. The van der Waals surface area contributed by atoms with Crippen molar-refractivity contribution in [3.63, 3.8) is 0 Å². The maximum absolute atomic E-state index is 6.20. The summed E-state index contributed by atoms with van der Waals surface area (Å²) < 4.78 is 0. The summed E-state index contributed by atoms with van der Waals surface area (Å²) in [4.78, 5) is 14.3. The minimum atomic E-state index is 0.153. The van der Waals surface area contributed by atoms with Gasteiger partial charge in [0.2, 0.25) is 0 Å². The van der Waals surface area contributed by atoms with Crippen LogP contribution < -0.4 is 10.2 Å². The van der Waals surface area contributed by atoms with Crippen molar-refractivity contribution >= 4 is 34.6 Å². The standard InChI is InChI=1S/C18H22ClN5/c1-11-6-7-24-16-8-14(19)4-5-15(16)22-17(18(24)21-11)23-9-12(2)20-13(3)10-23/h4-8,11-13,20H,9-10H2,1-3H3/t11?,12-,13+. The fourth-order valence-electron chi connectivity index (χ4n) is 3.60. The molecule has 3 atom stereocenters. The van der Waals surface area contributed by atoms with Gasteiger partial charge in [-0.05, 0) is 45.0 Å². The van der Waals surface area contributed by atoms with Crippen molar-refractivity contribution < 1.29 is 0 Å². The first-order valence-electron chi connectivity index (χ1n) is 8.46. The van der Waals surface area contributed by atoms with Crippen LogP contribution in [-0.4, -0.2) is 47.8 Å². The van der Waals surface area contributed by atoms with Gasteiger partial charge in [0.15, 0.2) is 11.7 Å². The second kappa shape index (κ2) is 5.90. The number of hydrogen-bond acceptors (Lipinski definition) is 5. The zero-order valence-corrected chi connectivity index (χ0v) is 15.0. The Labute approximate surface area is 147 Å². The molecule has 4 rings (SSSR count). The molecule has 5 nitrogen and oxygen atoms in total. The summed E-state index contributed by atoms with van der Waals surface area (Å²) in [7, 11) is 0. The molecule has 0 saturated carbocycles. The van der Waals surface area contributed by atoms with Gasteiger partial charge in [-0.1, -0.05) is 11.6 Å². The normalized spacial score (nSPS) is 28.9. The van der Waals surface area contributed by atoms with E-state index in [4.69, 9.17) is 21.6 Å². The van der Waals surface area contributed by atoms with E-state index in [0.717, 1.165) is 36.1 Å². The molecule has 0 aliphatic carbocycles. The molecule has 6 heteroatoms. The summed E-state index contributed by atoms with van der Waals surface area (Å²) in [6, 6.07) is 6.83. The summed E-state index contributed by atoms with van der Waals surface area (Å²) in [6.45, 7) is 8.37.